The molecule has 0 aliphatic heterocycles. The van der Waals surface area contributed by atoms with E-state index in [2.05, 4.69) is 23.6 Å². The molecule has 0 radical (unpaired) electrons. The number of urea groups is 1. The van der Waals surface area contributed by atoms with Crippen LogP contribution in [0, 0.1) is 0 Å². The van der Waals surface area contributed by atoms with E-state index < -0.39 is 0 Å². The number of nitrogens with one attached hydrogen (secondary N) is 2. The summed E-state index contributed by atoms with van der Waals surface area (Å²) in [6.45, 7) is 3.50. The van der Waals surface area contributed by atoms with E-state index in [1.54, 1.807) is 14.2 Å². The van der Waals surface area contributed by atoms with Crippen molar-refractivity contribution in [1.29, 1.82) is 0 Å². The van der Waals surface area contributed by atoms with E-state index in [1.807, 2.05) is 36.4 Å². The summed E-state index contributed by atoms with van der Waals surface area (Å²) in [6.07, 6.45) is 1.67. The van der Waals surface area contributed by atoms with Crippen molar-refractivity contribution in [3.05, 3.63) is 53.6 Å². The molecule has 146 valence electrons. The zero-order chi connectivity index (χ0) is 19.5. The van der Waals surface area contributed by atoms with Crippen LogP contribution in [0.2, 0.25) is 0 Å². The fourth-order valence-electron chi connectivity index (χ4n) is 2.61. The van der Waals surface area contributed by atoms with Crippen molar-refractivity contribution in [2.75, 3.05) is 33.9 Å². The van der Waals surface area contributed by atoms with Gasteiger partial charge in [0.05, 0.1) is 20.8 Å². The molecule has 0 bridgehead atoms. The van der Waals surface area contributed by atoms with Crippen LogP contribution in [-0.2, 0) is 12.8 Å². The Labute approximate surface area is 160 Å². The van der Waals surface area contributed by atoms with Crippen molar-refractivity contribution in [2.24, 2.45) is 0 Å². The smallest absolute Gasteiger partial charge is 0.314 e. The van der Waals surface area contributed by atoms with E-state index in [0.29, 0.717) is 37.6 Å². The highest BCUT2D eigenvalue weighted by molar-refractivity contribution is 5.73. The van der Waals surface area contributed by atoms with Crippen LogP contribution in [0.3, 0.4) is 0 Å². The number of hydrogen-bond donors (Lipinski definition) is 2. The highest BCUT2D eigenvalue weighted by Gasteiger charge is 2.05. The largest absolute Gasteiger partial charge is 0.493 e. The molecule has 0 unspecified atom stereocenters. The third-order valence-electron chi connectivity index (χ3n) is 4.11. The average molecular weight is 372 g/mol. The number of ether oxygens (including phenoxy) is 3. The Kier molecular flexibility index (Phi) is 8.29. The first-order valence-electron chi connectivity index (χ1n) is 9.10. The standard InChI is InChI=1S/C21H28N2O4/c1-4-16-6-5-7-18(14-16)27-13-12-23-21(24)22-11-10-17-8-9-19(25-2)20(15-17)26-3/h5-9,14-15H,4,10-13H2,1-3H3,(H2,22,23,24). The summed E-state index contributed by atoms with van der Waals surface area (Å²) in [5.41, 5.74) is 2.29. The molecular formula is C21H28N2O4. The van der Waals surface area contributed by atoms with Crippen molar-refractivity contribution >= 4 is 6.03 Å². The molecule has 0 aliphatic rings. The topological polar surface area (TPSA) is 68.8 Å². The average Bonchev–Trinajstić information content (AvgIpc) is 2.71. The van der Waals surface area contributed by atoms with Gasteiger partial charge in [0.1, 0.15) is 12.4 Å². The van der Waals surface area contributed by atoms with Gasteiger partial charge in [-0.1, -0.05) is 25.1 Å². The van der Waals surface area contributed by atoms with Gasteiger partial charge in [-0.2, -0.15) is 0 Å². The van der Waals surface area contributed by atoms with E-state index in [0.717, 1.165) is 17.7 Å². The van der Waals surface area contributed by atoms with Crippen LogP contribution >= 0.6 is 0 Å². The first-order valence-corrected chi connectivity index (χ1v) is 9.10. The summed E-state index contributed by atoms with van der Waals surface area (Å²) >= 11 is 0. The second-order valence-corrected chi connectivity index (χ2v) is 5.97. The Morgan fingerprint density at radius 1 is 0.926 bits per heavy atom. The predicted octanol–water partition coefficient (Wildman–Crippen LogP) is 3.19. The van der Waals surface area contributed by atoms with Crippen LogP contribution in [0.25, 0.3) is 0 Å². The van der Waals surface area contributed by atoms with Gasteiger partial charge in [-0.15, -0.1) is 0 Å². The summed E-state index contributed by atoms with van der Waals surface area (Å²) in [5, 5.41) is 5.63. The minimum atomic E-state index is -0.207. The molecule has 2 N–H and O–H groups in total. The molecule has 0 aliphatic carbocycles. The van der Waals surface area contributed by atoms with Gasteiger partial charge in [0.25, 0.3) is 0 Å². The van der Waals surface area contributed by atoms with Gasteiger partial charge in [0, 0.05) is 6.54 Å². The summed E-state index contributed by atoms with van der Waals surface area (Å²) in [4.78, 5) is 11.8. The van der Waals surface area contributed by atoms with Crippen LogP contribution in [0.15, 0.2) is 42.5 Å². The molecule has 27 heavy (non-hydrogen) atoms. The molecule has 0 spiro atoms. The summed E-state index contributed by atoms with van der Waals surface area (Å²) in [5.74, 6) is 2.20. The Morgan fingerprint density at radius 2 is 1.70 bits per heavy atom. The lowest BCUT2D eigenvalue weighted by atomic mass is 10.1. The lowest BCUT2D eigenvalue weighted by molar-refractivity contribution is 0.236. The lowest BCUT2D eigenvalue weighted by Crippen LogP contribution is -2.38. The summed E-state index contributed by atoms with van der Waals surface area (Å²) in [7, 11) is 3.21. The molecule has 6 nitrogen and oxygen atoms in total. The van der Waals surface area contributed by atoms with Crippen molar-refractivity contribution in [2.45, 2.75) is 19.8 Å². The number of aryl methyl sites for hydroxylation is 1. The van der Waals surface area contributed by atoms with Crippen LogP contribution in [0.4, 0.5) is 4.79 Å². The Hall–Kier alpha value is -2.89. The normalized spacial score (nSPS) is 10.2. The molecule has 0 saturated carbocycles. The first-order chi connectivity index (χ1) is 13.2. The fraction of sp³-hybridized carbons (Fsp3) is 0.381. The van der Waals surface area contributed by atoms with Gasteiger partial charge >= 0.3 is 6.03 Å². The molecular weight excluding hydrogens is 344 g/mol. The first kappa shape index (κ1) is 20.4. The van der Waals surface area contributed by atoms with Crippen molar-refractivity contribution in [1.82, 2.24) is 10.6 Å². The quantitative estimate of drug-likeness (QED) is 0.629. The molecule has 6 heteroatoms. The highest BCUT2D eigenvalue weighted by atomic mass is 16.5. The van der Waals surface area contributed by atoms with E-state index in [4.69, 9.17) is 14.2 Å². The van der Waals surface area contributed by atoms with E-state index in [9.17, 15) is 4.79 Å². The van der Waals surface area contributed by atoms with Crippen LogP contribution in [-0.4, -0.2) is 39.9 Å². The van der Waals surface area contributed by atoms with Crippen molar-refractivity contribution < 1.29 is 19.0 Å². The number of carbonyl (C=O) groups excluding carboxylic acids is 1. The van der Waals surface area contributed by atoms with E-state index >= 15 is 0 Å². The van der Waals surface area contributed by atoms with E-state index in [-0.39, 0.29) is 6.03 Å². The third-order valence-corrected chi connectivity index (χ3v) is 4.11. The Balaban J connectivity index is 1.65. The molecule has 0 heterocycles. The zero-order valence-corrected chi connectivity index (χ0v) is 16.2. The van der Waals surface area contributed by atoms with E-state index in [1.165, 1.54) is 5.56 Å². The van der Waals surface area contributed by atoms with Gasteiger partial charge in [-0.3, -0.25) is 0 Å². The van der Waals surface area contributed by atoms with Gasteiger partial charge < -0.3 is 24.8 Å². The van der Waals surface area contributed by atoms with Gasteiger partial charge in [-0.25, -0.2) is 4.79 Å². The van der Waals surface area contributed by atoms with Crippen molar-refractivity contribution in [3.63, 3.8) is 0 Å². The lowest BCUT2D eigenvalue weighted by Gasteiger charge is -2.11. The molecule has 2 amide bonds. The van der Waals surface area contributed by atoms with Gasteiger partial charge in [0.2, 0.25) is 0 Å². The maximum Gasteiger partial charge on any atom is 0.314 e. The van der Waals surface area contributed by atoms with Crippen LogP contribution in [0.5, 0.6) is 17.2 Å². The maximum absolute atomic E-state index is 11.8. The molecule has 2 aromatic carbocycles. The summed E-state index contributed by atoms with van der Waals surface area (Å²) in [6, 6.07) is 13.5. The minimum absolute atomic E-state index is 0.207. The highest BCUT2D eigenvalue weighted by Crippen LogP contribution is 2.27. The number of amides is 2. The molecule has 0 fully saturated rings. The molecule has 0 aromatic heterocycles. The van der Waals surface area contributed by atoms with Gasteiger partial charge in [0.15, 0.2) is 11.5 Å². The number of methoxy groups -OCH3 is 2. The molecule has 2 aromatic rings. The summed E-state index contributed by atoms with van der Waals surface area (Å²) < 4.78 is 16.2. The Bertz CT molecular complexity index is 734. The SMILES string of the molecule is CCc1cccc(OCCNC(=O)NCCc2ccc(OC)c(OC)c2)c1. The van der Waals surface area contributed by atoms with Crippen LogP contribution in [0.1, 0.15) is 18.1 Å². The third kappa shape index (κ3) is 6.73. The second kappa shape index (κ2) is 11.0. The number of benzene rings is 2. The predicted molar refractivity (Wildman–Crippen MR) is 106 cm³/mol. The maximum atomic E-state index is 11.8. The van der Waals surface area contributed by atoms with Crippen LogP contribution < -0.4 is 24.8 Å². The number of rotatable bonds is 10. The number of hydrogen-bond acceptors (Lipinski definition) is 4. The van der Waals surface area contributed by atoms with Crippen molar-refractivity contribution in [3.8, 4) is 17.2 Å². The number of carbonyl (C=O) groups is 1. The second-order valence-electron chi connectivity index (χ2n) is 5.97. The Morgan fingerprint density at radius 3 is 2.44 bits per heavy atom. The fourth-order valence-corrected chi connectivity index (χ4v) is 2.61. The minimum Gasteiger partial charge on any atom is -0.493 e. The van der Waals surface area contributed by atoms with Gasteiger partial charge in [-0.05, 0) is 48.2 Å². The molecule has 2 rings (SSSR count). The molecule has 0 saturated heterocycles. The zero-order valence-electron chi connectivity index (χ0n) is 16.2. The molecule has 0 atom stereocenters. The monoisotopic (exact) mass is 372 g/mol.